The molecule has 1 aromatic rings. The van der Waals surface area contributed by atoms with Crippen molar-refractivity contribution >= 4 is 21.9 Å². The summed E-state index contributed by atoms with van der Waals surface area (Å²) in [6.45, 7) is 2.60. The van der Waals surface area contributed by atoms with E-state index in [1.807, 2.05) is 6.92 Å². The maximum atomic E-state index is 11.4. The van der Waals surface area contributed by atoms with Gasteiger partial charge in [-0.1, -0.05) is 22.9 Å². The van der Waals surface area contributed by atoms with Gasteiger partial charge in [-0.3, -0.25) is 4.79 Å². The van der Waals surface area contributed by atoms with Crippen LogP contribution in [0.3, 0.4) is 0 Å². The number of ether oxygens (including phenoxy) is 2. The lowest BCUT2D eigenvalue weighted by atomic mass is 10.1. The number of carboxylic acid groups (broad SMARTS) is 1. The summed E-state index contributed by atoms with van der Waals surface area (Å²) >= 11 is 3.37. The Hall–Kier alpha value is -1.27. The molecule has 0 radical (unpaired) electrons. The zero-order valence-corrected chi connectivity index (χ0v) is 12.8. The van der Waals surface area contributed by atoms with Crippen molar-refractivity contribution in [3.63, 3.8) is 0 Å². The highest BCUT2D eigenvalue weighted by molar-refractivity contribution is 9.10. The third kappa shape index (κ3) is 3.84. The van der Waals surface area contributed by atoms with Crippen LogP contribution < -0.4 is 14.8 Å². The Bertz CT molecular complexity index is 451. The summed E-state index contributed by atoms with van der Waals surface area (Å²) in [4.78, 5) is 11.4. The largest absolute Gasteiger partial charge is 0.493 e. The lowest BCUT2D eigenvalue weighted by Crippen LogP contribution is -2.29. The lowest BCUT2D eigenvalue weighted by Gasteiger charge is -2.18. The zero-order valence-electron chi connectivity index (χ0n) is 11.2. The average molecular weight is 332 g/mol. The maximum absolute atomic E-state index is 11.4. The first-order valence-corrected chi connectivity index (χ1v) is 6.72. The minimum absolute atomic E-state index is 0.505. The predicted octanol–water partition coefficient (Wildman–Crippen LogP) is 2.59. The molecule has 5 nitrogen and oxygen atoms in total. The number of hydrogen-bond donors (Lipinski definition) is 2. The summed E-state index contributed by atoms with van der Waals surface area (Å²) in [5.41, 5.74) is 0.610. The van der Waals surface area contributed by atoms with Crippen LogP contribution in [0.25, 0.3) is 0 Å². The number of carboxylic acids is 1. The van der Waals surface area contributed by atoms with Crippen LogP contribution in [0.15, 0.2) is 16.6 Å². The highest BCUT2D eigenvalue weighted by Gasteiger charge is 2.23. The molecule has 0 aliphatic rings. The van der Waals surface area contributed by atoms with E-state index in [0.717, 1.165) is 6.42 Å². The van der Waals surface area contributed by atoms with Gasteiger partial charge >= 0.3 is 5.97 Å². The minimum Gasteiger partial charge on any atom is -0.493 e. The molecule has 0 aliphatic heterocycles. The van der Waals surface area contributed by atoms with Gasteiger partial charge in [-0.05, 0) is 30.7 Å². The second-order valence-electron chi connectivity index (χ2n) is 3.95. The van der Waals surface area contributed by atoms with Crippen molar-refractivity contribution in [2.75, 3.05) is 20.8 Å². The predicted molar refractivity (Wildman–Crippen MR) is 75.9 cm³/mol. The van der Waals surface area contributed by atoms with Crippen molar-refractivity contribution in [1.82, 2.24) is 5.32 Å². The molecule has 2 N–H and O–H groups in total. The van der Waals surface area contributed by atoms with Gasteiger partial charge in [0.2, 0.25) is 0 Å². The SMILES string of the molecule is CCCNC(C(=O)O)c1cc(OC)c(OC)cc1Br. The Kier molecular flexibility index (Phi) is 6.11. The molecule has 6 heteroatoms. The van der Waals surface area contributed by atoms with Crippen LogP contribution in [0.5, 0.6) is 11.5 Å². The average Bonchev–Trinajstić information content (AvgIpc) is 2.39. The van der Waals surface area contributed by atoms with Crippen LogP contribution in [0.4, 0.5) is 0 Å². The molecular formula is C13H18BrNO4. The van der Waals surface area contributed by atoms with Gasteiger partial charge in [0, 0.05) is 4.47 Å². The van der Waals surface area contributed by atoms with Crippen LogP contribution in [-0.4, -0.2) is 31.8 Å². The number of aliphatic carboxylic acids is 1. The Morgan fingerprint density at radius 2 is 1.95 bits per heavy atom. The second kappa shape index (κ2) is 7.35. The monoisotopic (exact) mass is 331 g/mol. The van der Waals surface area contributed by atoms with Crippen molar-refractivity contribution in [3.8, 4) is 11.5 Å². The molecule has 19 heavy (non-hydrogen) atoms. The van der Waals surface area contributed by atoms with E-state index in [2.05, 4.69) is 21.2 Å². The van der Waals surface area contributed by atoms with Crippen molar-refractivity contribution in [2.45, 2.75) is 19.4 Å². The molecule has 1 atom stereocenters. The summed E-state index contributed by atoms with van der Waals surface area (Å²) in [6.07, 6.45) is 0.856. The summed E-state index contributed by atoms with van der Waals surface area (Å²) in [5.74, 6) is 0.129. The number of carbonyl (C=O) groups is 1. The summed E-state index contributed by atoms with van der Waals surface area (Å²) in [6, 6.07) is 2.59. The second-order valence-corrected chi connectivity index (χ2v) is 4.81. The standard InChI is InChI=1S/C13H18BrNO4/c1-4-5-15-12(13(16)17)8-6-10(18-2)11(19-3)7-9(8)14/h6-7,12,15H,4-5H2,1-3H3,(H,16,17). The number of hydrogen-bond acceptors (Lipinski definition) is 4. The van der Waals surface area contributed by atoms with E-state index in [9.17, 15) is 9.90 Å². The van der Waals surface area contributed by atoms with Gasteiger partial charge in [-0.2, -0.15) is 0 Å². The zero-order chi connectivity index (χ0) is 14.4. The Morgan fingerprint density at radius 1 is 1.37 bits per heavy atom. The smallest absolute Gasteiger partial charge is 0.325 e. The molecular weight excluding hydrogens is 314 g/mol. The normalized spacial score (nSPS) is 12.0. The van der Waals surface area contributed by atoms with E-state index in [1.54, 1.807) is 12.1 Å². The first-order valence-electron chi connectivity index (χ1n) is 5.92. The third-order valence-electron chi connectivity index (χ3n) is 2.66. The molecule has 0 spiro atoms. The lowest BCUT2D eigenvalue weighted by molar-refractivity contribution is -0.139. The first kappa shape index (κ1) is 15.8. The fourth-order valence-corrected chi connectivity index (χ4v) is 2.26. The van der Waals surface area contributed by atoms with Crippen LogP contribution in [-0.2, 0) is 4.79 Å². The van der Waals surface area contributed by atoms with Gasteiger partial charge in [0.15, 0.2) is 11.5 Å². The van der Waals surface area contributed by atoms with Gasteiger partial charge in [-0.25, -0.2) is 0 Å². The van der Waals surface area contributed by atoms with Crippen LogP contribution in [0, 0.1) is 0 Å². The summed E-state index contributed by atoms with van der Waals surface area (Å²) in [5, 5.41) is 12.3. The molecule has 0 amide bonds. The first-order chi connectivity index (χ1) is 9.04. The number of rotatable bonds is 7. The van der Waals surface area contributed by atoms with Gasteiger partial charge in [-0.15, -0.1) is 0 Å². The van der Waals surface area contributed by atoms with E-state index in [1.165, 1.54) is 14.2 Å². The number of halogens is 1. The van der Waals surface area contributed by atoms with E-state index in [-0.39, 0.29) is 0 Å². The Balaban J connectivity index is 3.18. The molecule has 0 bridgehead atoms. The fraction of sp³-hybridized carbons (Fsp3) is 0.462. The van der Waals surface area contributed by atoms with Crippen LogP contribution in [0.2, 0.25) is 0 Å². The van der Waals surface area contributed by atoms with Gasteiger partial charge in [0.05, 0.1) is 14.2 Å². The number of nitrogens with one attached hydrogen (secondary N) is 1. The van der Waals surface area contributed by atoms with Crippen molar-refractivity contribution in [2.24, 2.45) is 0 Å². The Labute approximate surface area is 121 Å². The molecule has 0 heterocycles. The van der Waals surface area contributed by atoms with Crippen LogP contribution >= 0.6 is 15.9 Å². The van der Waals surface area contributed by atoms with Crippen LogP contribution in [0.1, 0.15) is 24.9 Å². The molecule has 0 aliphatic carbocycles. The van der Waals surface area contributed by atoms with Crippen molar-refractivity contribution < 1.29 is 19.4 Å². The van der Waals surface area contributed by atoms with E-state index in [0.29, 0.717) is 28.1 Å². The fourth-order valence-electron chi connectivity index (χ4n) is 1.71. The number of benzene rings is 1. The van der Waals surface area contributed by atoms with E-state index >= 15 is 0 Å². The third-order valence-corrected chi connectivity index (χ3v) is 3.35. The van der Waals surface area contributed by atoms with Crippen molar-refractivity contribution in [1.29, 1.82) is 0 Å². The van der Waals surface area contributed by atoms with Crippen molar-refractivity contribution in [3.05, 3.63) is 22.2 Å². The molecule has 1 rings (SSSR count). The quantitative estimate of drug-likeness (QED) is 0.803. The summed E-state index contributed by atoms with van der Waals surface area (Å²) in [7, 11) is 3.05. The van der Waals surface area contributed by atoms with Gasteiger partial charge in [0.25, 0.3) is 0 Å². The molecule has 1 unspecified atom stereocenters. The highest BCUT2D eigenvalue weighted by Crippen LogP contribution is 2.36. The Morgan fingerprint density at radius 3 is 2.42 bits per heavy atom. The molecule has 1 aromatic carbocycles. The molecule has 0 saturated heterocycles. The molecule has 0 aromatic heterocycles. The summed E-state index contributed by atoms with van der Waals surface area (Å²) < 4.78 is 11.0. The molecule has 0 fully saturated rings. The van der Waals surface area contributed by atoms with Gasteiger partial charge < -0.3 is 19.9 Å². The van der Waals surface area contributed by atoms with Gasteiger partial charge in [0.1, 0.15) is 6.04 Å². The maximum Gasteiger partial charge on any atom is 0.325 e. The molecule has 0 saturated carbocycles. The highest BCUT2D eigenvalue weighted by atomic mass is 79.9. The van der Waals surface area contributed by atoms with E-state index < -0.39 is 12.0 Å². The van der Waals surface area contributed by atoms with E-state index in [4.69, 9.17) is 9.47 Å². The number of methoxy groups -OCH3 is 2. The minimum atomic E-state index is -0.929. The molecule has 106 valence electrons. The topological polar surface area (TPSA) is 67.8 Å².